The molecule has 2 unspecified atom stereocenters. The Balaban J connectivity index is 3.14. The molecule has 1 aromatic rings. The minimum absolute atomic E-state index is 0.0982. The Morgan fingerprint density at radius 3 is 2.32 bits per heavy atom. The average molecular weight is 275 g/mol. The highest BCUT2D eigenvalue weighted by Gasteiger charge is 2.26. The van der Waals surface area contributed by atoms with Crippen LogP contribution in [-0.4, -0.2) is 19.3 Å². The van der Waals surface area contributed by atoms with Crippen LogP contribution in [-0.2, 0) is 4.74 Å². The Kier molecular flexibility index (Phi) is 6.31. The zero-order valence-electron chi connectivity index (χ0n) is 11.5. The summed E-state index contributed by atoms with van der Waals surface area (Å²) in [6.45, 7) is 6.66. The number of rotatable bonds is 7. The number of halogens is 3. The molecule has 19 heavy (non-hydrogen) atoms. The molecule has 0 aliphatic carbocycles. The highest BCUT2D eigenvalue weighted by atomic mass is 19.2. The molecule has 0 aromatic heterocycles. The number of hydrogen-bond donors (Lipinski definition) is 1. The van der Waals surface area contributed by atoms with E-state index in [4.69, 9.17) is 4.74 Å². The van der Waals surface area contributed by atoms with E-state index >= 15 is 0 Å². The number of nitrogens with one attached hydrogen (secondary N) is 1. The van der Waals surface area contributed by atoms with Crippen molar-refractivity contribution in [2.24, 2.45) is 0 Å². The van der Waals surface area contributed by atoms with Crippen LogP contribution in [0.1, 0.15) is 38.8 Å². The fraction of sp³-hybridized carbons (Fsp3) is 0.571. The smallest absolute Gasteiger partial charge is 0.194 e. The van der Waals surface area contributed by atoms with Gasteiger partial charge in [-0.1, -0.05) is 19.9 Å². The maximum Gasteiger partial charge on any atom is 0.194 e. The van der Waals surface area contributed by atoms with Crippen LogP contribution in [0, 0.1) is 17.5 Å². The quantitative estimate of drug-likeness (QED) is 0.768. The van der Waals surface area contributed by atoms with Crippen LogP contribution in [0.25, 0.3) is 0 Å². The van der Waals surface area contributed by atoms with Gasteiger partial charge >= 0.3 is 0 Å². The maximum atomic E-state index is 13.9. The van der Waals surface area contributed by atoms with Crippen molar-refractivity contribution in [3.05, 3.63) is 35.1 Å². The molecule has 0 heterocycles. The third-order valence-corrected chi connectivity index (χ3v) is 2.98. The lowest BCUT2D eigenvalue weighted by Crippen LogP contribution is -2.34. The van der Waals surface area contributed by atoms with E-state index in [1.165, 1.54) is 6.07 Å². The predicted molar refractivity (Wildman–Crippen MR) is 68.4 cm³/mol. The molecule has 1 rings (SSSR count). The molecule has 2 nitrogen and oxygen atoms in total. The first-order valence-electron chi connectivity index (χ1n) is 6.55. The van der Waals surface area contributed by atoms with Crippen LogP contribution in [0.3, 0.4) is 0 Å². The molecule has 0 saturated carbocycles. The lowest BCUT2D eigenvalue weighted by Gasteiger charge is -2.27. The van der Waals surface area contributed by atoms with E-state index < -0.39 is 23.5 Å². The molecule has 0 aliphatic heterocycles. The summed E-state index contributed by atoms with van der Waals surface area (Å²) < 4.78 is 45.7. The Bertz CT molecular complexity index is 412. The first kappa shape index (κ1) is 16.0. The third-order valence-electron chi connectivity index (χ3n) is 2.98. The SMILES string of the molecule is CCNC(c1ccc(F)c(F)c1F)C(CC)OCC. The minimum atomic E-state index is -1.44. The Hall–Kier alpha value is -1.07. The van der Waals surface area contributed by atoms with Crippen molar-refractivity contribution in [1.29, 1.82) is 0 Å². The largest absolute Gasteiger partial charge is 0.377 e. The highest BCUT2D eigenvalue weighted by molar-refractivity contribution is 5.24. The number of ether oxygens (including phenoxy) is 1. The monoisotopic (exact) mass is 275 g/mol. The Labute approximate surface area is 112 Å². The molecular weight excluding hydrogens is 255 g/mol. The summed E-state index contributed by atoms with van der Waals surface area (Å²) in [5.74, 6) is -3.77. The van der Waals surface area contributed by atoms with Gasteiger partial charge in [0.2, 0.25) is 0 Å². The number of benzene rings is 1. The lowest BCUT2D eigenvalue weighted by molar-refractivity contribution is 0.0307. The van der Waals surface area contributed by atoms with Crippen molar-refractivity contribution in [2.75, 3.05) is 13.2 Å². The van der Waals surface area contributed by atoms with Gasteiger partial charge in [-0.25, -0.2) is 13.2 Å². The molecule has 108 valence electrons. The van der Waals surface area contributed by atoms with Gasteiger partial charge in [0, 0.05) is 12.2 Å². The summed E-state index contributed by atoms with van der Waals surface area (Å²) in [5.41, 5.74) is 0.0982. The lowest BCUT2D eigenvalue weighted by atomic mass is 9.98. The first-order chi connectivity index (χ1) is 9.06. The maximum absolute atomic E-state index is 13.9. The molecule has 0 bridgehead atoms. The molecule has 0 radical (unpaired) electrons. The van der Waals surface area contributed by atoms with Crippen LogP contribution < -0.4 is 5.32 Å². The van der Waals surface area contributed by atoms with Crippen LogP contribution in [0.4, 0.5) is 13.2 Å². The van der Waals surface area contributed by atoms with Crippen LogP contribution in [0.5, 0.6) is 0 Å². The number of hydrogen-bond acceptors (Lipinski definition) is 2. The molecule has 0 amide bonds. The summed E-state index contributed by atoms with van der Waals surface area (Å²) >= 11 is 0. The molecule has 0 aliphatic rings. The van der Waals surface area contributed by atoms with E-state index in [9.17, 15) is 13.2 Å². The van der Waals surface area contributed by atoms with Gasteiger partial charge in [0.1, 0.15) is 0 Å². The second kappa shape index (κ2) is 7.50. The van der Waals surface area contributed by atoms with Gasteiger partial charge in [0.05, 0.1) is 12.1 Å². The fourth-order valence-electron chi connectivity index (χ4n) is 2.11. The molecule has 5 heteroatoms. The molecule has 1 N–H and O–H groups in total. The Morgan fingerprint density at radius 2 is 1.79 bits per heavy atom. The summed E-state index contributed by atoms with van der Waals surface area (Å²) in [4.78, 5) is 0. The average Bonchev–Trinajstić information content (AvgIpc) is 2.41. The van der Waals surface area contributed by atoms with Gasteiger partial charge < -0.3 is 10.1 Å². The fourth-order valence-corrected chi connectivity index (χ4v) is 2.11. The second-order valence-electron chi connectivity index (χ2n) is 4.20. The van der Waals surface area contributed by atoms with E-state index in [0.717, 1.165) is 6.07 Å². The summed E-state index contributed by atoms with van der Waals surface area (Å²) in [5, 5.41) is 3.07. The standard InChI is InChI=1S/C14H20F3NO/c1-4-11(19-6-3)14(18-5-2)9-7-8-10(15)13(17)12(9)16/h7-8,11,14,18H,4-6H2,1-3H3. The van der Waals surface area contributed by atoms with Gasteiger partial charge in [-0.3, -0.25) is 0 Å². The van der Waals surface area contributed by atoms with E-state index in [1.807, 2.05) is 20.8 Å². The van der Waals surface area contributed by atoms with Crippen molar-refractivity contribution < 1.29 is 17.9 Å². The first-order valence-corrected chi connectivity index (χ1v) is 6.55. The number of likely N-dealkylation sites (N-methyl/N-ethyl adjacent to an activating group) is 1. The Morgan fingerprint density at radius 1 is 1.11 bits per heavy atom. The van der Waals surface area contributed by atoms with E-state index in [2.05, 4.69) is 5.32 Å². The van der Waals surface area contributed by atoms with Gasteiger partial charge in [0.25, 0.3) is 0 Å². The van der Waals surface area contributed by atoms with Crippen molar-refractivity contribution in [2.45, 2.75) is 39.3 Å². The van der Waals surface area contributed by atoms with Crippen LogP contribution in [0.15, 0.2) is 12.1 Å². The topological polar surface area (TPSA) is 21.3 Å². The molecule has 0 fully saturated rings. The van der Waals surface area contributed by atoms with Crippen LogP contribution >= 0.6 is 0 Å². The molecule has 0 spiro atoms. The summed E-state index contributed by atoms with van der Waals surface area (Å²) in [6, 6.07) is 1.71. The molecule has 1 aromatic carbocycles. The summed E-state index contributed by atoms with van der Waals surface area (Å²) in [7, 11) is 0. The second-order valence-corrected chi connectivity index (χ2v) is 4.20. The van der Waals surface area contributed by atoms with Crippen molar-refractivity contribution in [3.63, 3.8) is 0 Å². The van der Waals surface area contributed by atoms with Gasteiger partial charge in [-0.2, -0.15) is 0 Å². The van der Waals surface area contributed by atoms with Gasteiger partial charge in [-0.15, -0.1) is 0 Å². The molecular formula is C14H20F3NO. The van der Waals surface area contributed by atoms with Crippen molar-refractivity contribution in [3.8, 4) is 0 Å². The van der Waals surface area contributed by atoms with E-state index in [-0.39, 0.29) is 11.7 Å². The van der Waals surface area contributed by atoms with Gasteiger partial charge in [-0.05, 0) is 26.0 Å². The molecule has 2 atom stereocenters. The van der Waals surface area contributed by atoms with Crippen LogP contribution in [0.2, 0.25) is 0 Å². The molecule has 0 saturated heterocycles. The normalized spacial score (nSPS) is 14.4. The van der Waals surface area contributed by atoms with E-state index in [0.29, 0.717) is 19.6 Å². The third kappa shape index (κ3) is 3.70. The zero-order valence-corrected chi connectivity index (χ0v) is 11.5. The minimum Gasteiger partial charge on any atom is -0.377 e. The zero-order chi connectivity index (χ0) is 14.4. The van der Waals surface area contributed by atoms with Gasteiger partial charge in [0.15, 0.2) is 17.5 Å². The summed E-state index contributed by atoms with van der Waals surface area (Å²) in [6.07, 6.45) is 0.355. The van der Waals surface area contributed by atoms with E-state index in [1.54, 1.807) is 0 Å². The predicted octanol–water partition coefficient (Wildman–Crippen LogP) is 3.57. The van der Waals surface area contributed by atoms with Crippen molar-refractivity contribution in [1.82, 2.24) is 5.32 Å². The highest BCUT2D eigenvalue weighted by Crippen LogP contribution is 2.26. The van der Waals surface area contributed by atoms with Crippen molar-refractivity contribution >= 4 is 0 Å².